The van der Waals surface area contributed by atoms with E-state index >= 15 is 0 Å². The highest BCUT2D eigenvalue weighted by atomic mass is 32.1. The van der Waals surface area contributed by atoms with E-state index < -0.39 is 0 Å². The second-order valence-corrected chi connectivity index (χ2v) is 9.23. The van der Waals surface area contributed by atoms with Crippen LogP contribution in [-0.4, -0.2) is 0 Å². The van der Waals surface area contributed by atoms with Gasteiger partial charge in [0.15, 0.2) is 0 Å². The van der Waals surface area contributed by atoms with E-state index in [9.17, 15) is 0 Å². The Hall–Kier alpha value is -3.95. The fourth-order valence-electron chi connectivity index (χ4n) is 4.21. The molecule has 0 saturated heterocycles. The van der Waals surface area contributed by atoms with Gasteiger partial charge in [-0.15, -0.1) is 12.6 Å². The molecule has 5 rings (SSSR count). The Kier molecular flexibility index (Phi) is 6.60. The van der Waals surface area contributed by atoms with Crippen molar-refractivity contribution in [3.05, 3.63) is 139 Å². The van der Waals surface area contributed by atoms with Gasteiger partial charge in [0.2, 0.25) is 0 Å². The highest BCUT2D eigenvalue weighted by molar-refractivity contribution is 7.80. The summed E-state index contributed by atoms with van der Waals surface area (Å²) in [5.74, 6) is 0. The second-order valence-electron chi connectivity index (χ2n) is 8.71. The third-order valence-corrected chi connectivity index (χ3v) is 6.37. The zero-order chi connectivity index (χ0) is 24.2. The van der Waals surface area contributed by atoms with Gasteiger partial charge in [0.25, 0.3) is 0 Å². The van der Waals surface area contributed by atoms with Crippen molar-refractivity contribution in [2.24, 2.45) is 0 Å². The van der Waals surface area contributed by atoms with Crippen molar-refractivity contribution in [2.45, 2.75) is 18.7 Å². The van der Waals surface area contributed by atoms with Gasteiger partial charge in [0.05, 0.1) is 0 Å². The van der Waals surface area contributed by atoms with Gasteiger partial charge in [-0.1, -0.05) is 53.6 Å². The van der Waals surface area contributed by atoms with Gasteiger partial charge in [-0.05, 0) is 98.8 Å². The topological polar surface area (TPSA) is 6.48 Å². The van der Waals surface area contributed by atoms with Gasteiger partial charge in [-0.25, -0.2) is 0 Å². The molecule has 0 aliphatic rings. The molecule has 0 amide bonds. The van der Waals surface area contributed by atoms with Crippen molar-refractivity contribution in [3.8, 4) is 0 Å². The minimum atomic E-state index is 0.949. The van der Waals surface area contributed by atoms with Gasteiger partial charge >= 0.3 is 0 Å². The molecule has 0 spiro atoms. The standard InChI is InChI=1S/C32H28N2S/c1-24-8-12-27(13-9-24)33(26-6-4-3-5-7-26)29-16-18-30(19-17-29)34(28-14-10-25(2)11-15-28)31-20-22-32(35)23-21-31/h3-23,35H,1-2H3. The lowest BCUT2D eigenvalue weighted by atomic mass is 10.1. The third kappa shape index (κ3) is 5.11. The normalized spacial score (nSPS) is 10.7. The van der Waals surface area contributed by atoms with E-state index in [1.165, 1.54) is 11.1 Å². The van der Waals surface area contributed by atoms with E-state index in [2.05, 4.69) is 152 Å². The van der Waals surface area contributed by atoms with Crippen molar-refractivity contribution >= 4 is 46.8 Å². The molecule has 2 nitrogen and oxygen atoms in total. The first kappa shape index (κ1) is 22.8. The number of hydrogen-bond acceptors (Lipinski definition) is 3. The Labute approximate surface area is 213 Å². The maximum atomic E-state index is 4.48. The molecule has 0 aliphatic heterocycles. The highest BCUT2D eigenvalue weighted by Gasteiger charge is 2.15. The van der Waals surface area contributed by atoms with Crippen LogP contribution in [0, 0.1) is 13.8 Å². The van der Waals surface area contributed by atoms with E-state index in [1.807, 2.05) is 12.1 Å². The highest BCUT2D eigenvalue weighted by Crippen LogP contribution is 2.39. The number of aryl methyl sites for hydroxylation is 2. The summed E-state index contributed by atoms with van der Waals surface area (Å²) in [4.78, 5) is 5.51. The summed E-state index contributed by atoms with van der Waals surface area (Å²) in [6.07, 6.45) is 0. The number of para-hydroxylation sites is 1. The summed E-state index contributed by atoms with van der Waals surface area (Å²) in [6.45, 7) is 4.23. The summed E-state index contributed by atoms with van der Waals surface area (Å²) >= 11 is 4.48. The third-order valence-electron chi connectivity index (χ3n) is 6.07. The largest absolute Gasteiger partial charge is 0.311 e. The minimum absolute atomic E-state index is 0.949. The van der Waals surface area contributed by atoms with E-state index in [-0.39, 0.29) is 0 Å². The molecule has 0 aromatic heterocycles. The van der Waals surface area contributed by atoms with Crippen LogP contribution in [0.3, 0.4) is 0 Å². The first-order chi connectivity index (χ1) is 17.1. The van der Waals surface area contributed by atoms with Crippen molar-refractivity contribution in [1.82, 2.24) is 0 Å². The zero-order valence-corrected chi connectivity index (χ0v) is 20.9. The van der Waals surface area contributed by atoms with E-state index in [0.717, 1.165) is 39.0 Å². The molecule has 35 heavy (non-hydrogen) atoms. The van der Waals surface area contributed by atoms with Crippen LogP contribution in [0.2, 0.25) is 0 Å². The zero-order valence-electron chi connectivity index (χ0n) is 20.0. The summed E-state index contributed by atoms with van der Waals surface area (Å²) in [7, 11) is 0. The van der Waals surface area contributed by atoms with E-state index in [0.29, 0.717) is 0 Å². The number of thiol groups is 1. The van der Waals surface area contributed by atoms with Crippen molar-refractivity contribution in [3.63, 3.8) is 0 Å². The minimum Gasteiger partial charge on any atom is -0.311 e. The lowest BCUT2D eigenvalue weighted by Crippen LogP contribution is -2.12. The average Bonchev–Trinajstić information content (AvgIpc) is 2.89. The SMILES string of the molecule is Cc1ccc(N(c2ccccc2)c2ccc(N(c3ccc(C)cc3)c3ccc(S)cc3)cc2)cc1. The summed E-state index contributed by atoms with van der Waals surface area (Å²) in [5, 5.41) is 0. The Morgan fingerprint density at radius 3 is 1.03 bits per heavy atom. The van der Waals surface area contributed by atoms with Crippen molar-refractivity contribution < 1.29 is 0 Å². The molecule has 172 valence electrons. The van der Waals surface area contributed by atoms with Gasteiger partial charge in [-0.3, -0.25) is 0 Å². The van der Waals surface area contributed by atoms with E-state index in [1.54, 1.807) is 0 Å². The Balaban J connectivity index is 1.57. The predicted octanol–water partition coefficient (Wildman–Crippen LogP) is 9.53. The van der Waals surface area contributed by atoms with Crippen molar-refractivity contribution in [2.75, 3.05) is 9.80 Å². The summed E-state index contributed by atoms with van der Waals surface area (Å²) in [6, 6.07) is 44.8. The van der Waals surface area contributed by atoms with Crippen LogP contribution < -0.4 is 9.80 Å². The van der Waals surface area contributed by atoms with Crippen molar-refractivity contribution in [1.29, 1.82) is 0 Å². The van der Waals surface area contributed by atoms with Crippen LogP contribution in [0.25, 0.3) is 0 Å². The van der Waals surface area contributed by atoms with Crippen LogP contribution in [0.15, 0.2) is 132 Å². The number of anilines is 6. The smallest absolute Gasteiger partial charge is 0.0463 e. The van der Waals surface area contributed by atoms with Gasteiger partial charge in [0.1, 0.15) is 0 Å². The molecule has 0 saturated carbocycles. The first-order valence-corrected chi connectivity index (χ1v) is 12.2. The Morgan fingerprint density at radius 1 is 0.371 bits per heavy atom. The average molecular weight is 473 g/mol. The number of nitrogens with zero attached hydrogens (tertiary/aromatic N) is 2. The van der Waals surface area contributed by atoms with Gasteiger partial charge in [0, 0.05) is 39.0 Å². The lowest BCUT2D eigenvalue weighted by Gasteiger charge is -2.28. The maximum Gasteiger partial charge on any atom is 0.0463 e. The molecule has 0 unspecified atom stereocenters. The molecule has 0 aliphatic carbocycles. The molecule has 5 aromatic rings. The number of rotatable bonds is 6. The Bertz CT molecular complexity index is 1330. The van der Waals surface area contributed by atoms with Crippen LogP contribution in [0.1, 0.15) is 11.1 Å². The molecule has 0 radical (unpaired) electrons. The maximum absolute atomic E-state index is 4.48. The number of benzene rings is 5. The predicted molar refractivity (Wildman–Crippen MR) is 153 cm³/mol. The molecule has 0 heterocycles. The summed E-state index contributed by atoms with van der Waals surface area (Å²) in [5.41, 5.74) is 9.17. The molecular weight excluding hydrogens is 444 g/mol. The molecule has 3 heteroatoms. The number of hydrogen-bond donors (Lipinski definition) is 1. The summed E-state index contributed by atoms with van der Waals surface area (Å²) < 4.78 is 0. The fourth-order valence-corrected chi connectivity index (χ4v) is 4.36. The monoisotopic (exact) mass is 472 g/mol. The van der Waals surface area contributed by atoms with Crippen LogP contribution in [0.5, 0.6) is 0 Å². The van der Waals surface area contributed by atoms with Crippen LogP contribution in [0.4, 0.5) is 34.1 Å². The van der Waals surface area contributed by atoms with E-state index in [4.69, 9.17) is 0 Å². The van der Waals surface area contributed by atoms with Crippen LogP contribution in [-0.2, 0) is 0 Å². The molecular formula is C32H28N2S. The molecule has 0 atom stereocenters. The second kappa shape index (κ2) is 10.1. The van der Waals surface area contributed by atoms with Gasteiger partial charge < -0.3 is 9.80 Å². The molecule has 5 aromatic carbocycles. The lowest BCUT2D eigenvalue weighted by molar-refractivity contribution is 1.24. The first-order valence-electron chi connectivity index (χ1n) is 11.8. The van der Waals surface area contributed by atoms with Gasteiger partial charge in [-0.2, -0.15) is 0 Å². The molecule has 0 bridgehead atoms. The van der Waals surface area contributed by atoms with Crippen LogP contribution >= 0.6 is 12.6 Å². The molecule has 0 N–H and O–H groups in total. The Morgan fingerprint density at radius 2 is 0.657 bits per heavy atom. The molecule has 0 fully saturated rings. The fraction of sp³-hybridized carbons (Fsp3) is 0.0625. The quantitative estimate of drug-likeness (QED) is 0.246.